The van der Waals surface area contributed by atoms with Gasteiger partial charge in [0, 0.05) is 42.0 Å². The van der Waals surface area contributed by atoms with Crippen molar-refractivity contribution in [2.45, 2.75) is 25.3 Å². The number of carboxylic acids is 1. The predicted octanol–water partition coefficient (Wildman–Crippen LogP) is 6.24. The number of ether oxygens (including phenoxy) is 2. The maximum Gasteiger partial charge on any atom is 0.326 e. The molecule has 45 heavy (non-hydrogen) atoms. The number of methoxy groups -OCH3 is 2. The number of H-pyrrole nitrogens is 1. The second kappa shape index (κ2) is 13.9. The quantitative estimate of drug-likeness (QED) is 0.136. The first-order chi connectivity index (χ1) is 21.7. The van der Waals surface area contributed by atoms with Gasteiger partial charge >= 0.3 is 5.97 Å². The molecule has 0 saturated carbocycles. The lowest BCUT2D eigenvalue weighted by molar-refractivity contribution is -0.142. The van der Waals surface area contributed by atoms with Crippen molar-refractivity contribution in [1.29, 1.82) is 0 Å². The summed E-state index contributed by atoms with van der Waals surface area (Å²) in [6.45, 7) is 0. The van der Waals surface area contributed by atoms with E-state index in [1.54, 1.807) is 25.4 Å². The summed E-state index contributed by atoms with van der Waals surface area (Å²) in [6.07, 6.45) is 1.59. The van der Waals surface area contributed by atoms with Crippen LogP contribution in [0.5, 0.6) is 11.5 Å². The number of rotatable bonds is 13. The van der Waals surface area contributed by atoms with Gasteiger partial charge in [-0.25, -0.2) is 9.18 Å². The van der Waals surface area contributed by atoms with Gasteiger partial charge in [0.05, 0.1) is 19.7 Å². The van der Waals surface area contributed by atoms with Crippen molar-refractivity contribution < 1.29 is 33.4 Å². The third-order valence-electron chi connectivity index (χ3n) is 7.80. The Morgan fingerprint density at radius 1 is 0.867 bits per heavy atom. The number of hydrogen-bond donors (Lipinski definition) is 3. The third-order valence-corrected chi connectivity index (χ3v) is 7.80. The lowest BCUT2D eigenvalue weighted by Gasteiger charge is -2.21. The number of Topliss-reactive ketones (excluding diaryl/α,β-unsaturated/α-hetero) is 1. The Balaban J connectivity index is 1.40. The summed E-state index contributed by atoms with van der Waals surface area (Å²) in [5.74, 6) is -3.06. The standard InChI is InChI=1S/C36H33FN2O6/c1-44-29-17-25(16-28(37)20-29)32(40)19-26(15-22-11-13-24(14-12-22)23-7-4-3-5-8-23)35(41)39-31(36(42)43)18-27-21-38-34-30(27)9-6-10-33(34)45-2/h3-14,16-17,20-21,26,31,38H,15,18-19H2,1-2H3,(H,39,41)(H,42,43)/t26-,31-/m0/s1. The van der Waals surface area contributed by atoms with Gasteiger partial charge in [0.15, 0.2) is 5.78 Å². The van der Waals surface area contributed by atoms with Crippen LogP contribution in [0.3, 0.4) is 0 Å². The second-order valence-electron chi connectivity index (χ2n) is 10.8. The molecular weight excluding hydrogens is 575 g/mol. The van der Waals surface area contributed by atoms with Crippen molar-refractivity contribution in [3.63, 3.8) is 0 Å². The van der Waals surface area contributed by atoms with E-state index in [1.807, 2.05) is 60.7 Å². The molecule has 0 fully saturated rings. The minimum absolute atomic E-state index is 0.00176. The van der Waals surface area contributed by atoms with Crippen LogP contribution >= 0.6 is 0 Å². The number of carboxylic acid groups (broad SMARTS) is 1. The molecule has 1 heterocycles. The number of ketones is 1. The number of aliphatic carboxylic acids is 1. The van der Waals surface area contributed by atoms with Crippen LogP contribution in [-0.2, 0) is 22.4 Å². The van der Waals surface area contributed by atoms with Gasteiger partial charge in [0.2, 0.25) is 5.91 Å². The molecule has 8 nitrogen and oxygen atoms in total. The maximum absolute atomic E-state index is 14.2. The zero-order valence-electron chi connectivity index (χ0n) is 24.9. The molecule has 1 aromatic heterocycles. The first-order valence-electron chi connectivity index (χ1n) is 14.4. The third kappa shape index (κ3) is 7.38. The average molecular weight is 609 g/mol. The van der Waals surface area contributed by atoms with E-state index < -0.39 is 35.4 Å². The fraction of sp³-hybridized carbons (Fsp3) is 0.194. The van der Waals surface area contributed by atoms with Gasteiger partial charge < -0.3 is 24.9 Å². The molecule has 230 valence electrons. The minimum Gasteiger partial charge on any atom is -0.497 e. The number of carbonyl (C=O) groups is 3. The number of amides is 1. The summed E-state index contributed by atoms with van der Waals surface area (Å²) in [5.41, 5.74) is 4.28. The molecule has 0 spiro atoms. The van der Waals surface area contributed by atoms with Crippen molar-refractivity contribution in [2.24, 2.45) is 5.92 Å². The second-order valence-corrected chi connectivity index (χ2v) is 10.8. The van der Waals surface area contributed by atoms with Gasteiger partial charge in [-0.1, -0.05) is 66.7 Å². The van der Waals surface area contributed by atoms with E-state index in [4.69, 9.17) is 9.47 Å². The van der Waals surface area contributed by atoms with Gasteiger partial charge in [0.1, 0.15) is 23.4 Å². The summed E-state index contributed by atoms with van der Waals surface area (Å²) in [6, 6.07) is 25.3. The van der Waals surface area contributed by atoms with Crippen LogP contribution in [0.2, 0.25) is 0 Å². The number of halogens is 1. The van der Waals surface area contributed by atoms with E-state index in [0.717, 1.165) is 39.7 Å². The van der Waals surface area contributed by atoms with Crippen LogP contribution in [-0.4, -0.2) is 48.0 Å². The molecule has 1 amide bonds. The van der Waals surface area contributed by atoms with Crippen LogP contribution in [0, 0.1) is 11.7 Å². The number of fused-ring (bicyclic) bond motifs is 1. The van der Waals surface area contributed by atoms with Gasteiger partial charge in [-0.3, -0.25) is 9.59 Å². The SMILES string of the molecule is COc1cc(F)cc(C(=O)C[C@H](Cc2ccc(-c3ccccc3)cc2)C(=O)N[C@@H](Cc2c[nH]c3c(OC)cccc23)C(=O)O)c1. The number of aromatic nitrogens is 1. The lowest BCUT2D eigenvalue weighted by atomic mass is 9.90. The van der Waals surface area contributed by atoms with Crippen LogP contribution in [0.25, 0.3) is 22.0 Å². The van der Waals surface area contributed by atoms with E-state index >= 15 is 0 Å². The zero-order chi connectivity index (χ0) is 31.9. The van der Waals surface area contributed by atoms with E-state index in [2.05, 4.69) is 10.3 Å². The van der Waals surface area contributed by atoms with Gasteiger partial charge in [-0.2, -0.15) is 0 Å². The van der Waals surface area contributed by atoms with Crippen molar-refractivity contribution in [3.05, 3.63) is 120 Å². The molecule has 0 aliphatic carbocycles. The highest BCUT2D eigenvalue weighted by atomic mass is 19.1. The van der Waals surface area contributed by atoms with Gasteiger partial charge in [-0.05, 0) is 46.9 Å². The highest BCUT2D eigenvalue weighted by Gasteiger charge is 2.29. The van der Waals surface area contributed by atoms with E-state index in [0.29, 0.717) is 11.3 Å². The lowest BCUT2D eigenvalue weighted by Crippen LogP contribution is -2.45. The average Bonchev–Trinajstić information content (AvgIpc) is 3.47. The maximum atomic E-state index is 14.2. The van der Waals surface area contributed by atoms with Crippen LogP contribution in [0.4, 0.5) is 4.39 Å². The first-order valence-corrected chi connectivity index (χ1v) is 14.4. The molecule has 0 aliphatic rings. The first kappa shape index (κ1) is 31.0. The highest BCUT2D eigenvalue weighted by Crippen LogP contribution is 2.28. The molecule has 0 bridgehead atoms. The Labute approximate surface area is 259 Å². The Hall–Kier alpha value is -5.44. The van der Waals surface area contributed by atoms with Crippen LogP contribution in [0.1, 0.15) is 27.9 Å². The molecule has 5 rings (SSSR count). The number of aromatic amines is 1. The molecule has 5 aromatic rings. The highest BCUT2D eigenvalue weighted by molar-refractivity contribution is 5.99. The fourth-order valence-corrected chi connectivity index (χ4v) is 5.42. The molecule has 0 unspecified atom stereocenters. The Bertz CT molecular complexity index is 1820. The normalized spacial score (nSPS) is 12.3. The van der Waals surface area contributed by atoms with Crippen molar-refractivity contribution >= 4 is 28.6 Å². The molecule has 3 N–H and O–H groups in total. The molecular formula is C36H33FN2O6. The topological polar surface area (TPSA) is 118 Å². The summed E-state index contributed by atoms with van der Waals surface area (Å²) >= 11 is 0. The van der Waals surface area contributed by atoms with Crippen molar-refractivity contribution in [1.82, 2.24) is 10.3 Å². The molecule has 0 saturated heterocycles. The number of hydrogen-bond acceptors (Lipinski definition) is 5. The van der Waals surface area contributed by atoms with E-state index in [1.165, 1.54) is 13.2 Å². The van der Waals surface area contributed by atoms with E-state index in [-0.39, 0.29) is 30.6 Å². The molecule has 0 aliphatic heterocycles. The summed E-state index contributed by atoms with van der Waals surface area (Å²) in [7, 11) is 2.92. The van der Waals surface area contributed by atoms with Gasteiger partial charge in [0.25, 0.3) is 0 Å². The number of nitrogens with one attached hydrogen (secondary N) is 2. The smallest absolute Gasteiger partial charge is 0.326 e. The molecule has 2 atom stereocenters. The Kier molecular flexibility index (Phi) is 9.57. The Morgan fingerprint density at radius 2 is 1.60 bits per heavy atom. The summed E-state index contributed by atoms with van der Waals surface area (Å²) < 4.78 is 24.7. The molecule has 4 aromatic carbocycles. The predicted molar refractivity (Wildman–Crippen MR) is 169 cm³/mol. The summed E-state index contributed by atoms with van der Waals surface area (Å²) in [5, 5.41) is 13.5. The van der Waals surface area contributed by atoms with Crippen LogP contribution < -0.4 is 14.8 Å². The number of benzene rings is 4. The summed E-state index contributed by atoms with van der Waals surface area (Å²) in [4.78, 5) is 42.6. The van der Waals surface area contributed by atoms with Gasteiger partial charge in [-0.15, -0.1) is 0 Å². The fourth-order valence-electron chi connectivity index (χ4n) is 5.42. The molecule has 0 radical (unpaired) electrons. The van der Waals surface area contributed by atoms with Crippen molar-refractivity contribution in [3.8, 4) is 22.6 Å². The van der Waals surface area contributed by atoms with E-state index in [9.17, 15) is 23.9 Å². The number of para-hydroxylation sites is 1. The van der Waals surface area contributed by atoms with Crippen LogP contribution in [0.15, 0.2) is 97.2 Å². The minimum atomic E-state index is -1.27. The molecule has 9 heteroatoms. The van der Waals surface area contributed by atoms with Crippen molar-refractivity contribution in [2.75, 3.05) is 14.2 Å². The zero-order valence-corrected chi connectivity index (χ0v) is 24.9. The largest absolute Gasteiger partial charge is 0.497 e. The monoisotopic (exact) mass is 608 g/mol. The Morgan fingerprint density at radius 3 is 2.29 bits per heavy atom. The number of carbonyl (C=O) groups excluding carboxylic acids is 2.